The molecule has 0 radical (unpaired) electrons. The molecule has 2 atom stereocenters. The van der Waals surface area contributed by atoms with Crippen molar-refractivity contribution in [3.63, 3.8) is 0 Å². The summed E-state index contributed by atoms with van der Waals surface area (Å²) in [7, 11) is 2.48. The Balaban J connectivity index is 1.61. The summed E-state index contributed by atoms with van der Waals surface area (Å²) < 4.78 is 9.84. The number of hydrogen-bond acceptors (Lipinski definition) is 7. The summed E-state index contributed by atoms with van der Waals surface area (Å²) in [5.74, 6) is -1.83. The van der Waals surface area contributed by atoms with Gasteiger partial charge in [-0.1, -0.05) is 55.5 Å². The second-order valence-electron chi connectivity index (χ2n) is 11.4. The van der Waals surface area contributed by atoms with Gasteiger partial charge in [0, 0.05) is 22.2 Å². The van der Waals surface area contributed by atoms with Gasteiger partial charge in [-0.05, 0) is 49.6 Å². The number of methoxy groups -OCH3 is 2. The van der Waals surface area contributed by atoms with Crippen LogP contribution in [0.15, 0.2) is 66.7 Å². The van der Waals surface area contributed by atoms with Crippen molar-refractivity contribution in [2.75, 3.05) is 29.8 Å². The number of carbonyl (C=O) groups excluding carboxylic acids is 4. The summed E-state index contributed by atoms with van der Waals surface area (Å²) in [5, 5.41) is 0. The van der Waals surface area contributed by atoms with E-state index < -0.39 is 22.3 Å². The third-order valence-corrected chi connectivity index (χ3v) is 9.89. The Kier molecular flexibility index (Phi) is 6.08. The molecule has 8 nitrogen and oxygen atoms in total. The first-order valence-electron chi connectivity index (χ1n) is 13.3. The number of para-hydroxylation sites is 1. The van der Waals surface area contributed by atoms with Crippen LogP contribution in [0.25, 0.3) is 0 Å². The molecule has 0 bridgehead atoms. The molecule has 3 aromatic carbocycles. The van der Waals surface area contributed by atoms with Crippen molar-refractivity contribution in [3.05, 3.63) is 94.5 Å². The van der Waals surface area contributed by atoms with Crippen LogP contribution < -0.4 is 9.80 Å². The molecule has 210 valence electrons. The lowest BCUT2D eigenvalue weighted by molar-refractivity contribution is -0.124. The lowest BCUT2D eigenvalue weighted by Crippen LogP contribution is -2.58. The van der Waals surface area contributed by atoms with Crippen LogP contribution in [0.3, 0.4) is 0 Å². The van der Waals surface area contributed by atoms with Crippen LogP contribution >= 0.6 is 11.8 Å². The van der Waals surface area contributed by atoms with Crippen LogP contribution in [-0.4, -0.2) is 49.3 Å². The normalized spacial score (nSPS) is 24.0. The third kappa shape index (κ3) is 3.68. The van der Waals surface area contributed by atoms with E-state index in [0.717, 1.165) is 16.8 Å². The van der Waals surface area contributed by atoms with Crippen molar-refractivity contribution < 1.29 is 28.7 Å². The van der Waals surface area contributed by atoms with E-state index in [1.165, 1.54) is 49.1 Å². The Morgan fingerprint density at radius 3 is 2.02 bits per heavy atom. The van der Waals surface area contributed by atoms with Gasteiger partial charge in [-0.2, -0.15) is 0 Å². The van der Waals surface area contributed by atoms with E-state index in [2.05, 4.69) is 39.0 Å². The first-order valence-corrected chi connectivity index (χ1v) is 14.3. The minimum atomic E-state index is -1.41. The minimum absolute atomic E-state index is 0.0512. The topological polar surface area (TPSA) is 93.2 Å². The second-order valence-corrected chi connectivity index (χ2v) is 12.6. The number of amides is 2. The molecule has 0 N–H and O–H groups in total. The highest BCUT2D eigenvalue weighted by Crippen LogP contribution is 2.63. The van der Waals surface area contributed by atoms with E-state index in [1.54, 1.807) is 0 Å². The SMILES string of the molecule is COC(=O)c1cc(C(=O)OC)cc(N2C(=O)CS[C@@]23C(=O)N2c4c(cccc43)[C@@](C)(c3ccccc3)CC2(C)C)c1. The van der Waals surface area contributed by atoms with Gasteiger partial charge in [-0.15, -0.1) is 11.8 Å². The van der Waals surface area contributed by atoms with Gasteiger partial charge >= 0.3 is 11.9 Å². The molecule has 1 fully saturated rings. The summed E-state index contributed by atoms with van der Waals surface area (Å²) in [6.45, 7) is 6.33. The Labute approximate surface area is 242 Å². The summed E-state index contributed by atoms with van der Waals surface area (Å²) >= 11 is 1.26. The maximum atomic E-state index is 14.8. The third-order valence-electron chi connectivity index (χ3n) is 8.50. The number of ether oxygens (including phenoxy) is 2. The maximum Gasteiger partial charge on any atom is 0.337 e. The molecule has 2 amide bonds. The quantitative estimate of drug-likeness (QED) is 0.407. The number of benzene rings is 3. The van der Waals surface area contributed by atoms with Crippen molar-refractivity contribution in [2.45, 2.75) is 43.0 Å². The van der Waals surface area contributed by atoms with Gasteiger partial charge in [0.2, 0.25) is 10.8 Å². The number of thioether (sulfide) groups is 1. The highest BCUT2D eigenvalue weighted by molar-refractivity contribution is 8.02. The zero-order valence-corrected chi connectivity index (χ0v) is 24.3. The van der Waals surface area contributed by atoms with E-state index >= 15 is 0 Å². The minimum Gasteiger partial charge on any atom is -0.465 e. The van der Waals surface area contributed by atoms with Crippen LogP contribution in [-0.2, 0) is 29.3 Å². The van der Waals surface area contributed by atoms with Crippen LogP contribution in [0.4, 0.5) is 11.4 Å². The molecule has 3 aliphatic heterocycles. The lowest BCUT2D eigenvalue weighted by atomic mass is 9.65. The van der Waals surface area contributed by atoms with Gasteiger partial charge in [-0.25, -0.2) is 9.59 Å². The number of fused-ring (bicyclic) bond motifs is 1. The molecule has 3 aliphatic rings. The fourth-order valence-corrected chi connectivity index (χ4v) is 8.25. The molecule has 3 heterocycles. The van der Waals surface area contributed by atoms with Crippen LogP contribution in [0, 0.1) is 0 Å². The average Bonchev–Trinajstić information content (AvgIpc) is 3.45. The molecular weight excluding hydrogens is 540 g/mol. The first kappa shape index (κ1) is 27.1. The van der Waals surface area contributed by atoms with Gasteiger partial charge < -0.3 is 14.4 Å². The fourth-order valence-electron chi connectivity index (χ4n) is 6.92. The molecule has 9 heteroatoms. The monoisotopic (exact) mass is 570 g/mol. The van der Waals surface area contributed by atoms with Gasteiger partial charge in [-0.3, -0.25) is 14.5 Å². The molecule has 0 unspecified atom stereocenters. The Hall–Kier alpha value is -4.11. The van der Waals surface area contributed by atoms with Crippen molar-refractivity contribution in [1.29, 1.82) is 0 Å². The summed E-state index contributed by atoms with van der Waals surface area (Å²) in [5.41, 5.74) is 3.11. The molecule has 0 saturated carbocycles. The number of esters is 2. The average molecular weight is 571 g/mol. The highest BCUT2D eigenvalue weighted by Gasteiger charge is 2.66. The van der Waals surface area contributed by atoms with Crippen molar-refractivity contribution >= 4 is 46.9 Å². The van der Waals surface area contributed by atoms with Crippen LogP contribution in [0.5, 0.6) is 0 Å². The molecular formula is C32H30N2O6S. The molecule has 0 aliphatic carbocycles. The number of rotatable bonds is 4. The number of nitrogens with zero attached hydrogens (tertiary/aromatic N) is 2. The van der Waals surface area contributed by atoms with E-state index in [9.17, 15) is 19.2 Å². The Bertz CT molecular complexity index is 1600. The summed E-state index contributed by atoms with van der Waals surface area (Å²) in [4.78, 5) is 55.5. The van der Waals surface area contributed by atoms with Crippen LogP contribution in [0.1, 0.15) is 64.6 Å². The zero-order valence-electron chi connectivity index (χ0n) is 23.5. The second kappa shape index (κ2) is 9.21. The maximum absolute atomic E-state index is 14.8. The molecule has 41 heavy (non-hydrogen) atoms. The molecule has 0 aromatic heterocycles. The van der Waals surface area contributed by atoms with Crippen molar-refractivity contribution in [1.82, 2.24) is 0 Å². The number of hydrogen-bond donors (Lipinski definition) is 0. The molecule has 3 aromatic rings. The van der Waals surface area contributed by atoms with Gasteiger partial charge in [0.25, 0.3) is 5.91 Å². The van der Waals surface area contributed by atoms with Gasteiger partial charge in [0.1, 0.15) is 0 Å². The number of anilines is 2. The fraction of sp³-hybridized carbons (Fsp3) is 0.312. The van der Waals surface area contributed by atoms with Crippen LogP contribution in [0.2, 0.25) is 0 Å². The zero-order chi connectivity index (χ0) is 29.3. The molecule has 1 spiro atoms. The standard InChI is InChI=1S/C32H30N2O6S/c1-30(2)18-31(3,21-10-7-6-8-11-21)23-12-9-13-24-26(23)34(30)29(38)32(24)33(25(35)17-41-32)22-15-19(27(36)39-4)14-20(16-22)28(37)40-5/h6-16H,17-18H2,1-5H3/t31-,32+/m1/s1. The van der Waals surface area contributed by atoms with Crippen molar-refractivity contribution in [2.24, 2.45) is 0 Å². The molecule has 6 rings (SSSR count). The van der Waals surface area contributed by atoms with Crippen molar-refractivity contribution in [3.8, 4) is 0 Å². The predicted octanol–water partition coefficient (Wildman–Crippen LogP) is 5.03. The molecule has 1 saturated heterocycles. The van der Waals surface area contributed by atoms with E-state index in [1.807, 2.05) is 35.2 Å². The van der Waals surface area contributed by atoms with E-state index in [-0.39, 0.29) is 39.8 Å². The Morgan fingerprint density at radius 2 is 1.41 bits per heavy atom. The van der Waals surface area contributed by atoms with Gasteiger partial charge in [0.15, 0.2) is 0 Å². The largest absolute Gasteiger partial charge is 0.465 e. The first-order chi connectivity index (χ1) is 19.5. The Morgan fingerprint density at radius 1 is 0.805 bits per heavy atom. The summed E-state index contributed by atoms with van der Waals surface area (Å²) in [6, 6.07) is 20.5. The number of carbonyl (C=O) groups is 4. The van der Waals surface area contributed by atoms with E-state index in [4.69, 9.17) is 9.47 Å². The summed E-state index contributed by atoms with van der Waals surface area (Å²) in [6.07, 6.45) is 0.672. The predicted molar refractivity (Wildman–Crippen MR) is 156 cm³/mol. The lowest BCUT2D eigenvalue weighted by Gasteiger charge is -2.50. The highest BCUT2D eigenvalue weighted by atomic mass is 32.2. The van der Waals surface area contributed by atoms with Gasteiger partial charge in [0.05, 0.1) is 36.8 Å². The smallest absolute Gasteiger partial charge is 0.337 e. The van der Waals surface area contributed by atoms with E-state index in [0.29, 0.717) is 12.0 Å².